The number of rotatable bonds is 8. The lowest BCUT2D eigenvalue weighted by molar-refractivity contribution is -0.385. The molecule has 0 unspecified atom stereocenters. The van der Waals surface area contributed by atoms with E-state index in [2.05, 4.69) is 9.97 Å². The van der Waals surface area contributed by atoms with Crippen LogP contribution in [0.1, 0.15) is 28.0 Å². The quantitative estimate of drug-likeness (QED) is 0.152. The smallest absolute Gasteiger partial charge is 0.352 e. The third kappa shape index (κ3) is 4.24. The Kier molecular flexibility index (Phi) is 6.08. The van der Waals surface area contributed by atoms with Crippen LogP contribution in [0.2, 0.25) is 0 Å². The highest BCUT2D eigenvalue weighted by Gasteiger charge is 2.21. The highest BCUT2D eigenvalue weighted by molar-refractivity contribution is 6.03. The van der Waals surface area contributed by atoms with Crippen molar-refractivity contribution in [2.24, 2.45) is 0 Å². The fraction of sp³-hybridized carbons (Fsp3) is 0.143. The first-order chi connectivity index (χ1) is 17.4. The van der Waals surface area contributed by atoms with Crippen LogP contribution in [0.4, 0.5) is 5.69 Å². The van der Waals surface area contributed by atoms with Gasteiger partial charge in [-0.2, -0.15) is 0 Å². The van der Waals surface area contributed by atoms with Gasteiger partial charge < -0.3 is 14.8 Å². The Morgan fingerprint density at radius 2 is 1.83 bits per heavy atom. The maximum atomic E-state index is 12.1. The average molecular weight is 482 g/mol. The summed E-state index contributed by atoms with van der Waals surface area (Å²) in [6.07, 6.45) is 2.34. The Morgan fingerprint density at radius 3 is 2.61 bits per heavy atom. The van der Waals surface area contributed by atoms with Gasteiger partial charge in [0.25, 0.3) is 5.69 Å². The van der Waals surface area contributed by atoms with Crippen molar-refractivity contribution >= 4 is 33.3 Å². The number of carboxylic acid groups (broad SMARTS) is 1. The molecule has 8 heteroatoms. The summed E-state index contributed by atoms with van der Waals surface area (Å²) in [5, 5.41) is 23.9. The Bertz CT molecular complexity index is 1620. The molecule has 5 aromatic rings. The van der Waals surface area contributed by atoms with Gasteiger partial charge in [-0.1, -0.05) is 54.6 Å². The van der Waals surface area contributed by atoms with Crippen molar-refractivity contribution in [1.82, 2.24) is 9.97 Å². The number of fused-ring (bicyclic) bond motifs is 2. The summed E-state index contributed by atoms with van der Waals surface area (Å²) in [6.45, 7) is 2.18. The lowest BCUT2D eigenvalue weighted by atomic mass is 10.0. The van der Waals surface area contributed by atoms with E-state index in [1.165, 1.54) is 12.3 Å². The standard InChI is InChI=1S/C28H23N3O5/c1-17-15-19(31(34)35)16-29-25(17)23-11-5-10-21-22(27(28(32)33)30-26(21)23)12-6-14-36-24-13-4-8-18-7-2-3-9-20(18)24/h2-5,7-11,13,15-16,30H,6,12,14H2,1H3,(H,32,33). The van der Waals surface area contributed by atoms with Crippen molar-refractivity contribution in [2.45, 2.75) is 19.8 Å². The van der Waals surface area contributed by atoms with E-state index in [1.54, 1.807) is 6.92 Å². The number of para-hydroxylation sites is 1. The zero-order valence-corrected chi connectivity index (χ0v) is 19.5. The number of hydrogen-bond donors (Lipinski definition) is 2. The monoisotopic (exact) mass is 481 g/mol. The highest BCUT2D eigenvalue weighted by Crippen LogP contribution is 2.34. The van der Waals surface area contributed by atoms with Gasteiger partial charge in [0, 0.05) is 22.4 Å². The van der Waals surface area contributed by atoms with Gasteiger partial charge in [-0.05, 0) is 42.3 Å². The predicted octanol–water partition coefficient (Wildman–Crippen LogP) is 6.31. The number of nitrogens with zero attached hydrogens (tertiary/aromatic N) is 2. The summed E-state index contributed by atoms with van der Waals surface area (Å²) in [5.41, 5.74) is 3.27. The molecule has 0 saturated carbocycles. The van der Waals surface area contributed by atoms with Crippen molar-refractivity contribution < 1.29 is 19.6 Å². The fourth-order valence-corrected chi connectivity index (χ4v) is 4.61. The normalized spacial score (nSPS) is 11.1. The lowest BCUT2D eigenvalue weighted by Crippen LogP contribution is -2.04. The van der Waals surface area contributed by atoms with E-state index < -0.39 is 10.9 Å². The van der Waals surface area contributed by atoms with Crippen LogP contribution >= 0.6 is 0 Å². The number of aromatic carboxylic acids is 1. The molecule has 0 aliphatic heterocycles. The second-order valence-electron chi connectivity index (χ2n) is 8.56. The van der Waals surface area contributed by atoms with E-state index >= 15 is 0 Å². The molecule has 0 saturated heterocycles. The first-order valence-electron chi connectivity index (χ1n) is 11.5. The molecule has 36 heavy (non-hydrogen) atoms. The molecule has 2 N–H and O–H groups in total. The van der Waals surface area contributed by atoms with Crippen LogP contribution in [0.5, 0.6) is 5.75 Å². The SMILES string of the molecule is Cc1cc([N+](=O)[O-])cnc1-c1cccc2c(CCCOc3cccc4ccccc34)c(C(=O)O)[nH]c12. The second kappa shape index (κ2) is 9.50. The summed E-state index contributed by atoms with van der Waals surface area (Å²) in [5.74, 6) is -0.247. The van der Waals surface area contributed by atoms with Crippen LogP contribution in [-0.4, -0.2) is 32.6 Å². The molecule has 3 aromatic carbocycles. The maximum Gasteiger partial charge on any atom is 0.352 e. The largest absolute Gasteiger partial charge is 0.493 e. The van der Waals surface area contributed by atoms with Crippen LogP contribution in [-0.2, 0) is 6.42 Å². The Hall–Kier alpha value is -4.72. The van der Waals surface area contributed by atoms with Gasteiger partial charge in [0.2, 0.25) is 0 Å². The van der Waals surface area contributed by atoms with Crippen molar-refractivity contribution in [3.8, 4) is 17.0 Å². The Labute approximate surface area is 206 Å². The molecule has 8 nitrogen and oxygen atoms in total. The lowest BCUT2D eigenvalue weighted by Gasteiger charge is -2.10. The minimum absolute atomic E-state index is 0.0898. The van der Waals surface area contributed by atoms with Crippen molar-refractivity contribution in [1.29, 1.82) is 0 Å². The summed E-state index contributed by atoms with van der Waals surface area (Å²) in [7, 11) is 0. The molecule has 0 radical (unpaired) electrons. The number of H-pyrrole nitrogens is 1. The summed E-state index contributed by atoms with van der Waals surface area (Å²) < 4.78 is 6.05. The van der Waals surface area contributed by atoms with Gasteiger partial charge in [-0.15, -0.1) is 0 Å². The molecular formula is C28H23N3O5. The summed E-state index contributed by atoms with van der Waals surface area (Å²) in [6, 6.07) is 20.9. The maximum absolute atomic E-state index is 12.1. The highest BCUT2D eigenvalue weighted by atomic mass is 16.6. The number of carboxylic acids is 1. The molecule has 0 spiro atoms. The predicted molar refractivity (Wildman–Crippen MR) is 138 cm³/mol. The van der Waals surface area contributed by atoms with Gasteiger partial charge in [-0.25, -0.2) is 9.78 Å². The van der Waals surface area contributed by atoms with E-state index in [-0.39, 0.29) is 11.4 Å². The molecule has 0 atom stereocenters. The number of hydrogen-bond acceptors (Lipinski definition) is 5. The van der Waals surface area contributed by atoms with Crippen LogP contribution < -0.4 is 4.74 Å². The summed E-state index contributed by atoms with van der Waals surface area (Å²) >= 11 is 0. The zero-order valence-electron chi connectivity index (χ0n) is 19.5. The topological polar surface area (TPSA) is 118 Å². The van der Waals surface area contributed by atoms with Gasteiger partial charge in [0.05, 0.1) is 22.7 Å². The minimum Gasteiger partial charge on any atom is -0.493 e. The first kappa shape index (κ1) is 23.0. The number of carbonyl (C=O) groups is 1. The molecule has 0 aliphatic rings. The molecule has 180 valence electrons. The Balaban J connectivity index is 1.43. The first-order valence-corrected chi connectivity index (χ1v) is 11.5. The van der Waals surface area contributed by atoms with Crippen molar-refractivity contribution in [3.63, 3.8) is 0 Å². The fourth-order valence-electron chi connectivity index (χ4n) is 4.61. The number of ether oxygens (including phenoxy) is 1. The molecule has 0 amide bonds. The zero-order chi connectivity index (χ0) is 25.2. The molecule has 0 fully saturated rings. The summed E-state index contributed by atoms with van der Waals surface area (Å²) in [4.78, 5) is 30.1. The van der Waals surface area contributed by atoms with Crippen LogP contribution in [0, 0.1) is 17.0 Å². The third-order valence-corrected chi connectivity index (χ3v) is 6.26. The molecule has 2 aromatic heterocycles. The number of pyridine rings is 1. The van der Waals surface area contributed by atoms with Gasteiger partial charge in [0.15, 0.2) is 0 Å². The molecule has 0 aliphatic carbocycles. The van der Waals surface area contributed by atoms with Crippen LogP contribution in [0.25, 0.3) is 32.9 Å². The Morgan fingerprint density at radius 1 is 1.08 bits per heavy atom. The molecule has 0 bridgehead atoms. The molecular weight excluding hydrogens is 458 g/mol. The van der Waals surface area contributed by atoms with E-state index in [9.17, 15) is 20.0 Å². The van der Waals surface area contributed by atoms with Gasteiger partial charge in [-0.3, -0.25) is 10.1 Å². The number of aromatic nitrogens is 2. The van der Waals surface area contributed by atoms with Crippen molar-refractivity contribution in [3.05, 3.63) is 99.9 Å². The van der Waals surface area contributed by atoms with Gasteiger partial charge >= 0.3 is 5.97 Å². The van der Waals surface area contributed by atoms with E-state index in [4.69, 9.17) is 4.74 Å². The van der Waals surface area contributed by atoms with E-state index in [1.807, 2.05) is 60.7 Å². The van der Waals surface area contributed by atoms with E-state index in [0.717, 1.165) is 21.9 Å². The number of benzene rings is 3. The molecule has 5 rings (SSSR count). The molecule has 2 heterocycles. The number of aromatic amines is 1. The van der Waals surface area contributed by atoms with Crippen molar-refractivity contribution in [2.75, 3.05) is 6.61 Å². The van der Waals surface area contributed by atoms with E-state index in [0.29, 0.717) is 47.3 Å². The van der Waals surface area contributed by atoms with Crippen LogP contribution in [0.3, 0.4) is 0 Å². The number of nitro groups is 1. The third-order valence-electron chi connectivity index (χ3n) is 6.26. The average Bonchev–Trinajstić information content (AvgIpc) is 3.26. The number of nitrogens with one attached hydrogen (secondary N) is 1. The van der Waals surface area contributed by atoms with Crippen LogP contribution in [0.15, 0.2) is 72.9 Å². The van der Waals surface area contributed by atoms with Gasteiger partial charge in [0.1, 0.15) is 17.6 Å². The second-order valence-corrected chi connectivity index (χ2v) is 8.56. The minimum atomic E-state index is -1.05. The number of aryl methyl sites for hydroxylation is 2.